The van der Waals surface area contributed by atoms with Crippen molar-refractivity contribution in [1.82, 2.24) is 9.97 Å². The third kappa shape index (κ3) is 3.74. The Hall–Kier alpha value is -2.51. The van der Waals surface area contributed by atoms with Gasteiger partial charge in [0.2, 0.25) is 5.95 Å². The van der Waals surface area contributed by atoms with E-state index in [0.717, 1.165) is 12.5 Å². The van der Waals surface area contributed by atoms with Crippen LogP contribution in [-0.2, 0) is 0 Å². The Morgan fingerprint density at radius 1 is 1.10 bits per heavy atom. The molecule has 0 fully saturated rings. The second-order valence-electron chi connectivity index (χ2n) is 4.30. The number of nitrogens with one attached hydrogen (secondary N) is 2. The van der Waals surface area contributed by atoms with E-state index in [0.29, 0.717) is 18.4 Å². The van der Waals surface area contributed by atoms with Crippen LogP contribution < -0.4 is 16.4 Å². The minimum absolute atomic E-state index is 0.0455. The van der Waals surface area contributed by atoms with E-state index in [1.807, 2.05) is 6.92 Å². The molecule has 0 spiro atoms. The first-order valence-corrected chi connectivity index (χ1v) is 6.29. The van der Waals surface area contributed by atoms with Crippen LogP contribution in [0.15, 0.2) is 18.2 Å². The van der Waals surface area contributed by atoms with Gasteiger partial charge in [0, 0.05) is 24.7 Å². The summed E-state index contributed by atoms with van der Waals surface area (Å²) in [6.45, 7) is 2.64. The van der Waals surface area contributed by atoms with Crippen LogP contribution >= 0.6 is 0 Å². The maximum absolute atomic E-state index is 13.6. The van der Waals surface area contributed by atoms with Crippen molar-refractivity contribution in [1.29, 1.82) is 0 Å². The van der Waals surface area contributed by atoms with Gasteiger partial charge in [0.25, 0.3) is 0 Å². The molecule has 0 aliphatic heterocycles. The monoisotopic (exact) mass is 297 g/mol. The predicted molar refractivity (Wildman–Crippen MR) is 74.8 cm³/mol. The van der Waals surface area contributed by atoms with E-state index in [-0.39, 0.29) is 17.5 Å². The molecule has 4 N–H and O–H groups in total. The number of halogens is 3. The van der Waals surface area contributed by atoms with Gasteiger partial charge in [0.05, 0.1) is 5.69 Å². The van der Waals surface area contributed by atoms with Crippen LogP contribution in [0, 0.1) is 17.5 Å². The lowest BCUT2D eigenvalue weighted by molar-refractivity contribution is 0.498. The van der Waals surface area contributed by atoms with E-state index in [1.54, 1.807) is 0 Å². The molecule has 0 amide bonds. The van der Waals surface area contributed by atoms with Crippen LogP contribution in [-0.4, -0.2) is 16.5 Å². The highest BCUT2D eigenvalue weighted by Gasteiger charge is 2.12. The first-order valence-electron chi connectivity index (χ1n) is 6.29. The fraction of sp³-hybridized carbons (Fsp3) is 0.231. The maximum Gasteiger partial charge on any atom is 0.223 e. The number of anilines is 4. The van der Waals surface area contributed by atoms with Crippen LogP contribution in [0.5, 0.6) is 0 Å². The van der Waals surface area contributed by atoms with Gasteiger partial charge in [-0.2, -0.15) is 9.97 Å². The Morgan fingerprint density at radius 3 is 2.52 bits per heavy atom. The van der Waals surface area contributed by atoms with Gasteiger partial charge >= 0.3 is 0 Å². The highest BCUT2D eigenvalue weighted by atomic mass is 19.2. The van der Waals surface area contributed by atoms with Crippen LogP contribution in [0.2, 0.25) is 0 Å². The number of nitrogens with two attached hydrogens (primary N) is 1. The number of hydrogen-bond donors (Lipinski definition) is 3. The number of nitrogens with zero attached hydrogens (tertiary/aromatic N) is 2. The van der Waals surface area contributed by atoms with Crippen molar-refractivity contribution in [2.45, 2.75) is 13.3 Å². The molecule has 2 aromatic rings. The highest BCUT2D eigenvalue weighted by Crippen LogP contribution is 2.23. The third-order valence-electron chi connectivity index (χ3n) is 2.56. The van der Waals surface area contributed by atoms with Crippen LogP contribution in [0.4, 0.5) is 36.4 Å². The molecule has 0 bridgehead atoms. The molecule has 1 heterocycles. The zero-order valence-corrected chi connectivity index (χ0v) is 11.3. The number of rotatable bonds is 5. The van der Waals surface area contributed by atoms with Gasteiger partial charge in [0.15, 0.2) is 11.6 Å². The third-order valence-corrected chi connectivity index (χ3v) is 2.56. The van der Waals surface area contributed by atoms with Gasteiger partial charge < -0.3 is 16.4 Å². The molecule has 0 aliphatic carbocycles. The normalized spacial score (nSPS) is 10.5. The topological polar surface area (TPSA) is 75.9 Å². The average Bonchev–Trinajstić information content (AvgIpc) is 2.41. The molecule has 0 atom stereocenters. The molecule has 0 saturated heterocycles. The summed E-state index contributed by atoms with van der Waals surface area (Å²) < 4.78 is 39.8. The van der Waals surface area contributed by atoms with Crippen LogP contribution in [0.1, 0.15) is 13.3 Å². The van der Waals surface area contributed by atoms with E-state index in [2.05, 4.69) is 20.6 Å². The molecule has 0 aliphatic rings. The Kier molecular flexibility index (Phi) is 4.46. The second kappa shape index (κ2) is 6.29. The number of aromatic nitrogens is 2. The lowest BCUT2D eigenvalue weighted by atomic mass is 10.2. The highest BCUT2D eigenvalue weighted by molar-refractivity contribution is 5.61. The van der Waals surface area contributed by atoms with E-state index in [9.17, 15) is 13.2 Å². The molecule has 1 aromatic heterocycles. The lowest BCUT2D eigenvalue weighted by Crippen LogP contribution is -2.07. The Morgan fingerprint density at radius 2 is 1.81 bits per heavy atom. The molecule has 2 rings (SSSR count). The Bertz CT molecular complexity index is 648. The van der Waals surface area contributed by atoms with E-state index < -0.39 is 17.5 Å². The number of hydrogen-bond acceptors (Lipinski definition) is 5. The first kappa shape index (κ1) is 14.9. The molecule has 8 heteroatoms. The largest absolute Gasteiger partial charge is 0.370 e. The minimum Gasteiger partial charge on any atom is -0.370 e. The van der Waals surface area contributed by atoms with Gasteiger partial charge in [-0.15, -0.1) is 0 Å². The summed E-state index contributed by atoms with van der Waals surface area (Å²) in [5.74, 6) is -2.87. The molecule has 21 heavy (non-hydrogen) atoms. The van der Waals surface area contributed by atoms with E-state index >= 15 is 0 Å². The molecule has 0 saturated carbocycles. The standard InChI is InChI=1S/C13H14F3N5/c1-2-3-18-10-6-11(21-13(17)20-10)19-9-5-7(14)4-8(15)12(9)16/h4-6H,2-3H2,1H3,(H4,17,18,19,20,21). The summed E-state index contributed by atoms with van der Waals surface area (Å²) >= 11 is 0. The molecule has 1 aromatic carbocycles. The Labute approximate surface area is 119 Å². The van der Waals surface area contributed by atoms with Crippen molar-refractivity contribution in [3.8, 4) is 0 Å². The summed E-state index contributed by atoms with van der Waals surface area (Å²) in [5.41, 5.74) is 5.17. The van der Waals surface area contributed by atoms with Crippen LogP contribution in [0.25, 0.3) is 0 Å². The quantitative estimate of drug-likeness (QED) is 0.740. The van der Waals surface area contributed by atoms with Gasteiger partial charge in [-0.25, -0.2) is 13.2 Å². The van der Waals surface area contributed by atoms with Crippen molar-refractivity contribution in [3.05, 3.63) is 35.7 Å². The van der Waals surface area contributed by atoms with Crippen molar-refractivity contribution >= 4 is 23.3 Å². The summed E-state index contributed by atoms with van der Waals surface area (Å²) in [6, 6.07) is 2.76. The summed E-state index contributed by atoms with van der Waals surface area (Å²) in [4.78, 5) is 7.79. The zero-order chi connectivity index (χ0) is 15.4. The van der Waals surface area contributed by atoms with Crippen molar-refractivity contribution in [2.24, 2.45) is 0 Å². The van der Waals surface area contributed by atoms with E-state index in [4.69, 9.17) is 5.73 Å². The summed E-state index contributed by atoms with van der Waals surface area (Å²) in [7, 11) is 0. The maximum atomic E-state index is 13.6. The van der Waals surface area contributed by atoms with Crippen molar-refractivity contribution < 1.29 is 13.2 Å². The first-order chi connectivity index (χ1) is 9.99. The molecule has 5 nitrogen and oxygen atoms in total. The predicted octanol–water partition coefficient (Wildman–Crippen LogP) is 3.04. The minimum atomic E-state index is -1.29. The van der Waals surface area contributed by atoms with Crippen LogP contribution in [0.3, 0.4) is 0 Å². The smallest absolute Gasteiger partial charge is 0.223 e. The molecule has 0 unspecified atom stereocenters. The molecule has 112 valence electrons. The second-order valence-corrected chi connectivity index (χ2v) is 4.30. The average molecular weight is 297 g/mol. The van der Waals surface area contributed by atoms with Gasteiger partial charge in [-0.05, 0) is 6.42 Å². The number of nitrogen functional groups attached to an aromatic ring is 1. The van der Waals surface area contributed by atoms with Gasteiger partial charge in [-0.3, -0.25) is 0 Å². The lowest BCUT2D eigenvalue weighted by Gasteiger charge is -2.10. The molecule has 0 radical (unpaired) electrons. The molecular formula is C13H14F3N5. The van der Waals surface area contributed by atoms with E-state index in [1.165, 1.54) is 6.07 Å². The summed E-state index contributed by atoms with van der Waals surface area (Å²) in [5, 5.41) is 5.47. The van der Waals surface area contributed by atoms with Gasteiger partial charge in [0.1, 0.15) is 17.5 Å². The fourth-order valence-corrected chi connectivity index (χ4v) is 1.66. The van der Waals surface area contributed by atoms with Crippen molar-refractivity contribution in [3.63, 3.8) is 0 Å². The zero-order valence-electron chi connectivity index (χ0n) is 11.3. The summed E-state index contributed by atoms with van der Waals surface area (Å²) in [6.07, 6.45) is 0.871. The van der Waals surface area contributed by atoms with Crippen molar-refractivity contribution in [2.75, 3.05) is 22.9 Å². The Balaban J connectivity index is 2.29. The molecular weight excluding hydrogens is 283 g/mol. The fourth-order valence-electron chi connectivity index (χ4n) is 1.66. The van der Waals surface area contributed by atoms with Gasteiger partial charge in [-0.1, -0.05) is 6.92 Å². The number of benzene rings is 1. The SMILES string of the molecule is CCCNc1cc(Nc2cc(F)cc(F)c2F)nc(N)n1.